The first-order valence-electron chi connectivity index (χ1n) is 5.58. The largest absolute Gasteiger partial charge is 0.423 e. The SMILES string of the molecule is CCSC(=O)Nc1ccc2c(C)cc(=O)oc2c1. The zero-order valence-electron chi connectivity index (χ0n) is 10.1. The highest BCUT2D eigenvalue weighted by atomic mass is 32.2. The zero-order valence-corrected chi connectivity index (χ0v) is 11.0. The number of thioether (sulfide) groups is 1. The van der Waals surface area contributed by atoms with E-state index < -0.39 is 0 Å². The van der Waals surface area contributed by atoms with Gasteiger partial charge in [-0.1, -0.05) is 18.7 Å². The van der Waals surface area contributed by atoms with Gasteiger partial charge in [0, 0.05) is 23.2 Å². The third-order valence-electron chi connectivity index (χ3n) is 2.47. The summed E-state index contributed by atoms with van der Waals surface area (Å²) in [6.07, 6.45) is 0. The van der Waals surface area contributed by atoms with Crippen molar-refractivity contribution in [3.63, 3.8) is 0 Å². The number of carbonyl (C=O) groups excluding carboxylic acids is 1. The van der Waals surface area contributed by atoms with Crippen molar-refractivity contribution in [1.29, 1.82) is 0 Å². The van der Waals surface area contributed by atoms with Gasteiger partial charge < -0.3 is 9.73 Å². The van der Waals surface area contributed by atoms with Crippen LogP contribution in [0.1, 0.15) is 12.5 Å². The van der Waals surface area contributed by atoms with Gasteiger partial charge in [-0.2, -0.15) is 0 Å². The number of anilines is 1. The quantitative estimate of drug-likeness (QED) is 0.844. The number of aryl methyl sites for hydroxylation is 1. The smallest absolute Gasteiger partial charge is 0.336 e. The molecule has 94 valence electrons. The molecule has 1 aromatic carbocycles. The molecule has 2 aromatic rings. The van der Waals surface area contributed by atoms with E-state index >= 15 is 0 Å². The Kier molecular flexibility index (Phi) is 3.72. The van der Waals surface area contributed by atoms with E-state index in [2.05, 4.69) is 5.32 Å². The van der Waals surface area contributed by atoms with Crippen molar-refractivity contribution in [3.05, 3.63) is 40.2 Å². The van der Waals surface area contributed by atoms with Gasteiger partial charge in [0.1, 0.15) is 5.58 Å². The fraction of sp³-hybridized carbons (Fsp3) is 0.231. The molecule has 0 bridgehead atoms. The van der Waals surface area contributed by atoms with Crippen LogP contribution in [0.4, 0.5) is 10.5 Å². The molecule has 0 saturated heterocycles. The number of hydrogen-bond donors (Lipinski definition) is 1. The van der Waals surface area contributed by atoms with Crippen molar-refractivity contribution >= 4 is 33.7 Å². The first kappa shape index (κ1) is 12.7. The number of fused-ring (bicyclic) bond motifs is 1. The highest BCUT2D eigenvalue weighted by Crippen LogP contribution is 2.21. The summed E-state index contributed by atoms with van der Waals surface area (Å²) in [4.78, 5) is 22.7. The molecular formula is C13H13NO3S. The number of nitrogens with one attached hydrogen (secondary N) is 1. The van der Waals surface area contributed by atoms with Crippen LogP contribution in [0, 0.1) is 6.92 Å². The molecule has 1 amide bonds. The van der Waals surface area contributed by atoms with Gasteiger partial charge >= 0.3 is 5.63 Å². The van der Waals surface area contributed by atoms with Crippen molar-refractivity contribution in [2.45, 2.75) is 13.8 Å². The highest BCUT2D eigenvalue weighted by molar-refractivity contribution is 8.13. The fourth-order valence-electron chi connectivity index (χ4n) is 1.69. The summed E-state index contributed by atoms with van der Waals surface area (Å²) in [5.74, 6) is 0.716. The Morgan fingerprint density at radius 2 is 2.17 bits per heavy atom. The van der Waals surface area contributed by atoms with E-state index in [1.807, 2.05) is 19.9 Å². The van der Waals surface area contributed by atoms with Gasteiger partial charge in [-0.15, -0.1) is 0 Å². The Hall–Kier alpha value is -1.75. The van der Waals surface area contributed by atoms with E-state index in [0.717, 1.165) is 10.9 Å². The lowest BCUT2D eigenvalue weighted by atomic mass is 10.1. The number of rotatable bonds is 2. The normalized spacial score (nSPS) is 10.6. The molecule has 1 aromatic heterocycles. The van der Waals surface area contributed by atoms with E-state index in [1.54, 1.807) is 12.1 Å². The molecular weight excluding hydrogens is 250 g/mol. The lowest BCUT2D eigenvalue weighted by molar-refractivity contribution is 0.270. The molecule has 0 aliphatic heterocycles. The van der Waals surface area contributed by atoms with Gasteiger partial charge in [-0.25, -0.2) is 4.79 Å². The fourth-order valence-corrected chi connectivity index (χ4v) is 2.14. The van der Waals surface area contributed by atoms with Gasteiger partial charge in [-0.05, 0) is 30.4 Å². The second kappa shape index (κ2) is 5.27. The lowest BCUT2D eigenvalue weighted by Crippen LogP contribution is -2.05. The van der Waals surface area contributed by atoms with Gasteiger partial charge in [0.15, 0.2) is 0 Å². The standard InChI is InChI=1S/C13H13NO3S/c1-3-18-13(16)14-9-4-5-10-8(2)6-12(15)17-11(10)7-9/h4-7H,3H2,1-2H3,(H,14,16). The van der Waals surface area contributed by atoms with Crippen molar-refractivity contribution in [2.24, 2.45) is 0 Å². The number of carbonyl (C=O) groups is 1. The van der Waals surface area contributed by atoms with Crippen LogP contribution in [-0.4, -0.2) is 11.0 Å². The van der Waals surface area contributed by atoms with Gasteiger partial charge in [0.2, 0.25) is 0 Å². The molecule has 1 heterocycles. The molecule has 0 atom stereocenters. The van der Waals surface area contributed by atoms with Gasteiger partial charge in [0.25, 0.3) is 5.24 Å². The summed E-state index contributed by atoms with van der Waals surface area (Å²) < 4.78 is 5.11. The molecule has 0 saturated carbocycles. The van der Waals surface area contributed by atoms with Crippen LogP contribution in [-0.2, 0) is 0 Å². The molecule has 0 unspecified atom stereocenters. The van der Waals surface area contributed by atoms with Crippen molar-refractivity contribution < 1.29 is 9.21 Å². The number of benzene rings is 1. The average molecular weight is 263 g/mol. The highest BCUT2D eigenvalue weighted by Gasteiger charge is 2.05. The molecule has 1 N–H and O–H groups in total. The lowest BCUT2D eigenvalue weighted by Gasteiger charge is -2.05. The van der Waals surface area contributed by atoms with E-state index in [9.17, 15) is 9.59 Å². The van der Waals surface area contributed by atoms with Crippen LogP contribution in [0.3, 0.4) is 0 Å². The number of hydrogen-bond acceptors (Lipinski definition) is 4. The summed E-state index contributed by atoms with van der Waals surface area (Å²) in [6, 6.07) is 6.74. The molecule has 0 aliphatic carbocycles. The minimum absolute atomic E-state index is 0.119. The number of amides is 1. The summed E-state index contributed by atoms with van der Waals surface area (Å²) in [6.45, 7) is 3.76. The predicted molar refractivity (Wildman–Crippen MR) is 74.4 cm³/mol. The van der Waals surface area contributed by atoms with E-state index in [-0.39, 0.29) is 10.9 Å². The summed E-state index contributed by atoms with van der Waals surface area (Å²) >= 11 is 1.20. The third-order valence-corrected chi connectivity index (χ3v) is 3.13. The average Bonchev–Trinajstić information content (AvgIpc) is 2.28. The summed E-state index contributed by atoms with van der Waals surface area (Å²) in [5.41, 5.74) is 1.59. The Morgan fingerprint density at radius 1 is 1.39 bits per heavy atom. The van der Waals surface area contributed by atoms with Crippen LogP contribution in [0.25, 0.3) is 11.0 Å². The van der Waals surface area contributed by atoms with E-state index in [0.29, 0.717) is 17.0 Å². The molecule has 5 heteroatoms. The van der Waals surface area contributed by atoms with Gasteiger partial charge in [-0.3, -0.25) is 4.79 Å². The second-order valence-corrected chi connectivity index (χ2v) is 5.04. The van der Waals surface area contributed by atoms with E-state index in [1.165, 1.54) is 17.8 Å². The maximum Gasteiger partial charge on any atom is 0.336 e. The Labute approximate surface area is 108 Å². The van der Waals surface area contributed by atoms with Crippen LogP contribution in [0.2, 0.25) is 0 Å². The first-order chi connectivity index (χ1) is 8.60. The van der Waals surface area contributed by atoms with Gasteiger partial charge in [0.05, 0.1) is 0 Å². The summed E-state index contributed by atoms with van der Waals surface area (Å²) in [5, 5.41) is 3.49. The van der Waals surface area contributed by atoms with Crippen LogP contribution in [0.5, 0.6) is 0 Å². The minimum Gasteiger partial charge on any atom is -0.423 e. The van der Waals surface area contributed by atoms with Crippen molar-refractivity contribution in [1.82, 2.24) is 0 Å². The summed E-state index contributed by atoms with van der Waals surface area (Å²) in [7, 11) is 0. The Balaban J connectivity index is 2.38. The second-order valence-electron chi connectivity index (χ2n) is 3.80. The van der Waals surface area contributed by atoms with Crippen molar-refractivity contribution in [3.8, 4) is 0 Å². The predicted octanol–water partition coefficient (Wildman–Crippen LogP) is 3.39. The monoisotopic (exact) mass is 263 g/mol. The molecule has 4 nitrogen and oxygen atoms in total. The first-order valence-corrected chi connectivity index (χ1v) is 6.57. The van der Waals surface area contributed by atoms with Crippen LogP contribution >= 0.6 is 11.8 Å². The molecule has 0 aliphatic rings. The van der Waals surface area contributed by atoms with Crippen LogP contribution < -0.4 is 10.9 Å². The third kappa shape index (κ3) is 2.73. The Morgan fingerprint density at radius 3 is 2.89 bits per heavy atom. The molecule has 0 radical (unpaired) electrons. The topological polar surface area (TPSA) is 59.3 Å². The molecule has 18 heavy (non-hydrogen) atoms. The maximum absolute atomic E-state index is 11.4. The minimum atomic E-state index is -0.383. The maximum atomic E-state index is 11.4. The molecule has 0 fully saturated rings. The van der Waals surface area contributed by atoms with Crippen molar-refractivity contribution in [2.75, 3.05) is 11.1 Å². The van der Waals surface area contributed by atoms with E-state index in [4.69, 9.17) is 4.42 Å². The zero-order chi connectivity index (χ0) is 13.1. The van der Waals surface area contributed by atoms with Crippen LogP contribution in [0.15, 0.2) is 33.5 Å². The Bertz CT molecular complexity index is 648. The molecule has 0 spiro atoms. The molecule has 2 rings (SSSR count).